The molecule has 116 valence electrons. The fourth-order valence-electron chi connectivity index (χ4n) is 1.88. The molecule has 2 aromatic rings. The number of primary sulfonamides is 1. The van der Waals surface area contributed by atoms with Gasteiger partial charge >= 0.3 is 0 Å². The standard InChI is InChI=1S/C15H15FN2O3S/c16-13-3-1-2-4-14(13)18-15(19)10-7-11-5-8-12(9-6-11)22(17,20)21/h1-6,8-9H,7,10H2,(H,18,19)(H2,17,20,21). The summed E-state index contributed by atoms with van der Waals surface area (Å²) in [6.45, 7) is 0. The highest BCUT2D eigenvalue weighted by molar-refractivity contribution is 7.89. The number of carbonyl (C=O) groups excluding carboxylic acids is 1. The summed E-state index contributed by atoms with van der Waals surface area (Å²) in [5, 5.41) is 7.49. The molecule has 0 radical (unpaired) electrons. The van der Waals surface area contributed by atoms with Gasteiger partial charge in [0.25, 0.3) is 0 Å². The van der Waals surface area contributed by atoms with Gasteiger partial charge in [0, 0.05) is 6.42 Å². The van der Waals surface area contributed by atoms with Crippen molar-refractivity contribution in [2.45, 2.75) is 17.7 Å². The molecule has 0 unspecified atom stereocenters. The molecule has 22 heavy (non-hydrogen) atoms. The van der Waals surface area contributed by atoms with Crippen molar-refractivity contribution in [3.8, 4) is 0 Å². The van der Waals surface area contributed by atoms with Gasteiger partial charge in [-0.3, -0.25) is 4.79 Å². The zero-order valence-electron chi connectivity index (χ0n) is 11.6. The second-order valence-corrected chi connectivity index (χ2v) is 6.28. The summed E-state index contributed by atoms with van der Waals surface area (Å²) in [5.74, 6) is -0.811. The molecule has 0 saturated carbocycles. The molecule has 0 aliphatic rings. The maximum atomic E-state index is 13.4. The Bertz CT molecular complexity index is 774. The molecular formula is C15H15FN2O3S. The molecule has 3 N–H and O–H groups in total. The topological polar surface area (TPSA) is 89.3 Å². The molecule has 0 fully saturated rings. The largest absolute Gasteiger partial charge is 0.324 e. The van der Waals surface area contributed by atoms with E-state index in [4.69, 9.17) is 5.14 Å². The van der Waals surface area contributed by atoms with E-state index in [1.807, 2.05) is 0 Å². The van der Waals surface area contributed by atoms with Crippen LogP contribution < -0.4 is 10.5 Å². The second kappa shape index (κ2) is 6.67. The Kier molecular flexibility index (Phi) is 4.89. The van der Waals surface area contributed by atoms with Crippen LogP contribution in [0.2, 0.25) is 0 Å². The molecule has 0 aromatic heterocycles. The van der Waals surface area contributed by atoms with E-state index in [1.54, 1.807) is 18.2 Å². The number of rotatable bonds is 5. The number of hydrogen-bond acceptors (Lipinski definition) is 3. The molecule has 0 atom stereocenters. The Hall–Kier alpha value is -2.25. The van der Waals surface area contributed by atoms with E-state index in [0.717, 1.165) is 5.56 Å². The van der Waals surface area contributed by atoms with Gasteiger partial charge in [0.1, 0.15) is 5.82 Å². The lowest BCUT2D eigenvalue weighted by Crippen LogP contribution is -2.14. The molecule has 0 aliphatic heterocycles. The van der Waals surface area contributed by atoms with E-state index in [-0.39, 0.29) is 22.9 Å². The maximum Gasteiger partial charge on any atom is 0.238 e. The number of nitrogens with one attached hydrogen (secondary N) is 1. The van der Waals surface area contributed by atoms with Crippen molar-refractivity contribution >= 4 is 21.6 Å². The van der Waals surface area contributed by atoms with E-state index in [2.05, 4.69) is 5.32 Å². The molecule has 0 spiro atoms. The van der Waals surface area contributed by atoms with Gasteiger partial charge in [0.15, 0.2) is 0 Å². The minimum atomic E-state index is -3.72. The molecular weight excluding hydrogens is 307 g/mol. The molecule has 0 aliphatic carbocycles. The van der Waals surface area contributed by atoms with E-state index in [0.29, 0.717) is 6.42 Å². The Morgan fingerprint density at radius 1 is 1.09 bits per heavy atom. The van der Waals surface area contributed by atoms with Crippen LogP contribution in [-0.4, -0.2) is 14.3 Å². The van der Waals surface area contributed by atoms with Gasteiger partial charge in [0.2, 0.25) is 15.9 Å². The van der Waals surface area contributed by atoms with Crippen LogP contribution in [0.15, 0.2) is 53.4 Å². The number of hydrogen-bond donors (Lipinski definition) is 2. The quantitative estimate of drug-likeness (QED) is 0.883. The van der Waals surface area contributed by atoms with Crippen molar-refractivity contribution in [2.75, 3.05) is 5.32 Å². The first-order valence-electron chi connectivity index (χ1n) is 6.52. The summed E-state index contributed by atoms with van der Waals surface area (Å²) >= 11 is 0. The number of anilines is 1. The summed E-state index contributed by atoms with van der Waals surface area (Å²) in [6, 6.07) is 11.9. The lowest BCUT2D eigenvalue weighted by atomic mass is 10.1. The number of sulfonamides is 1. The Morgan fingerprint density at radius 3 is 2.32 bits per heavy atom. The number of halogens is 1. The van der Waals surface area contributed by atoms with Crippen LogP contribution in [0.5, 0.6) is 0 Å². The SMILES string of the molecule is NS(=O)(=O)c1ccc(CCC(=O)Nc2ccccc2F)cc1. The number of benzene rings is 2. The predicted molar refractivity (Wildman–Crippen MR) is 81.2 cm³/mol. The molecule has 0 bridgehead atoms. The number of carbonyl (C=O) groups is 1. The molecule has 0 heterocycles. The summed E-state index contributed by atoms with van der Waals surface area (Å²) in [5.41, 5.74) is 0.924. The monoisotopic (exact) mass is 322 g/mol. The fraction of sp³-hybridized carbons (Fsp3) is 0.133. The summed E-state index contributed by atoms with van der Waals surface area (Å²) in [6.07, 6.45) is 0.564. The number of aryl methyl sites for hydroxylation is 1. The average molecular weight is 322 g/mol. The van der Waals surface area contributed by atoms with Crippen LogP contribution in [0.3, 0.4) is 0 Å². The van der Waals surface area contributed by atoms with Crippen molar-refractivity contribution in [3.05, 3.63) is 59.9 Å². The third-order valence-electron chi connectivity index (χ3n) is 3.04. The van der Waals surface area contributed by atoms with Crippen LogP contribution in [-0.2, 0) is 21.2 Å². The Balaban J connectivity index is 1.93. The van der Waals surface area contributed by atoms with E-state index in [9.17, 15) is 17.6 Å². The first kappa shape index (κ1) is 16.1. The maximum absolute atomic E-state index is 13.4. The normalized spacial score (nSPS) is 11.2. The van der Waals surface area contributed by atoms with E-state index >= 15 is 0 Å². The Morgan fingerprint density at radius 2 is 1.73 bits per heavy atom. The summed E-state index contributed by atoms with van der Waals surface area (Å²) in [4.78, 5) is 11.8. The summed E-state index contributed by atoms with van der Waals surface area (Å²) in [7, 11) is -3.72. The van der Waals surface area contributed by atoms with Gasteiger partial charge in [-0.1, -0.05) is 24.3 Å². The van der Waals surface area contributed by atoms with Crippen LogP contribution in [0.4, 0.5) is 10.1 Å². The molecule has 1 amide bonds. The molecule has 7 heteroatoms. The van der Waals surface area contributed by atoms with Gasteiger partial charge in [0.05, 0.1) is 10.6 Å². The fourth-order valence-corrected chi connectivity index (χ4v) is 2.39. The average Bonchev–Trinajstić information content (AvgIpc) is 2.47. The number of amides is 1. The highest BCUT2D eigenvalue weighted by atomic mass is 32.2. The van der Waals surface area contributed by atoms with E-state index < -0.39 is 15.8 Å². The lowest BCUT2D eigenvalue weighted by molar-refractivity contribution is -0.116. The minimum Gasteiger partial charge on any atom is -0.324 e. The second-order valence-electron chi connectivity index (χ2n) is 4.72. The van der Waals surface area contributed by atoms with Crippen molar-refractivity contribution < 1.29 is 17.6 Å². The van der Waals surface area contributed by atoms with Crippen LogP contribution in [0.25, 0.3) is 0 Å². The Labute approximate surface area is 128 Å². The zero-order valence-corrected chi connectivity index (χ0v) is 12.4. The number of nitrogens with two attached hydrogens (primary N) is 1. The highest BCUT2D eigenvalue weighted by Crippen LogP contribution is 2.14. The first-order chi connectivity index (χ1) is 10.4. The van der Waals surface area contributed by atoms with Gasteiger partial charge < -0.3 is 5.32 Å². The third-order valence-corrected chi connectivity index (χ3v) is 3.97. The van der Waals surface area contributed by atoms with Gasteiger partial charge in [-0.15, -0.1) is 0 Å². The molecule has 2 aromatic carbocycles. The molecule has 5 nitrogen and oxygen atoms in total. The third kappa shape index (κ3) is 4.37. The van der Waals surface area contributed by atoms with Crippen molar-refractivity contribution in [2.24, 2.45) is 5.14 Å². The molecule has 2 rings (SSSR count). The summed E-state index contributed by atoms with van der Waals surface area (Å²) < 4.78 is 35.6. The molecule has 0 saturated heterocycles. The van der Waals surface area contributed by atoms with Crippen molar-refractivity contribution in [1.29, 1.82) is 0 Å². The van der Waals surface area contributed by atoms with Crippen molar-refractivity contribution in [1.82, 2.24) is 0 Å². The van der Waals surface area contributed by atoms with Crippen LogP contribution in [0, 0.1) is 5.82 Å². The van der Waals surface area contributed by atoms with Crippen molar-refractivity contribution in [3.63, 3.8) is 0 Å². The van der Waals surface area contributed by atoms with Gasteiger partial charge in [-0.25, -0.2) is 17.9 Å². The van der Waals surface area contributed by atoms with Crippen LogP contribution >= 0.6 is 0 Å². The van der Waals surface area contributed by atoms with Gasteiger partial charge in [-0.05, 0) is 36.2 Å². The number of para-hydroxylation sites is 1. The van der Waals surface area contributed by atoms with Crippen LogP contribution in [0.1, 0.15) is 12.0 Å². The minimum absolute atomic E-state index is 0.0204. The highest BCUT2D eigenvalue weighted by Gasteiger charge is 2.09. The first-order valence-corrected chi connectivity index (χ1v) is 8.07. The van der Waals surface area contributed by atoms with Gasteiger partial charge in [-0.2, -0.15) is 0 Å². The lowest BCUT2D eigenvalue weighted by Gasteiger charge is -2.06. The zero-order chi connectivity index (χ0) is 16.2. The predicted octanol–water partition coefficient (Wildman–Crippen LogP) is 2.04. The van der Waals surface area contributed by atoms with E-state index in [1.165, 1.54) is 30.3 Å². The smallest absolute Gasteiger partial charge is 0.238 e.